The summed E-state index contributed by atoms with van der Waals surface area (Å²) in [5.74, 6) is 1.02. The van der Waals surface area contributed by atoms with Gasteiger partial charge < -0.3 is 19.4 Å². The summed E-state index contributed by atoms with van der Waals surface area (Å²) in [6.07, 6.45) is 7.44. The second kappa shape index (κ2) is 13.5. The lowest BCUT2D eigenvalue weighted by molar-refractivity contribution is 0.173. The Morgan fingerprint density at radius 2 is 1.86 bits per heavy atom. The molecule has 4 heterocycles. The van der Waals surface area contributed by atoms with Crippen molar-refractivity contribution in [3.8, 4) is 12.1 Å². The molecule has 228 valence electrons. The zero-order chi connectivity index (χ0) is 29.8. The molecule has 8 heteroatoms. The summed E-state index contributed by atoms with van der Waals surface area (Å²) in [6, 6.07) is 16.8. The molecule has 0 spiro atoms. The van der Waals surface area contributed by atoms with Gasteiger partial charge in [0.1, 0.15) is 12.4 Å². The van der Waals surface area contributed by atoms with E-state index in [0.717, 1.165) is 70.2 Å². The number of likely N-dealkylation sites (N-methyl/N-ethyl adjacent to an activating group) is 1. The lowest BCUT2D eigenvalue weighted by Crippen LogP contribution is -2.54. The number of aromatic nitrogens is 2. The first-order valence-corrected chi connectivity index (χ1v) is 16.4. The number of likely N-dealkylation sites (tertiary alicyclic amines) is 1. The van der Waals surface area contributed by atoms with Gasteiger partial charge in [0.25, 0.3) is 0 Å². The monoisotopic (exact) mass is 581 g/mol. The van der Waals surface area contributed by atoms with Crippen LogP contribution in [-0.4, -0.2) is 84.8 Å². The Balaban J connectivity index is 1.30. The normalized spacial score (nSPS) is 21.3. The molecule has 2 unspecified atom stereocenters. The summed E-state index contributed by atoms with van der Waals surface area (Å²) in [5, 5.41) is 12.3. The molecule has 1 aromatic heterocycles. The Morgan fingerprint density at radius 1 is 1.00 bits per heavy atom. The molecule has 43 heavy (non-hydrogen) atoms. The van der Waals surface area contributed by atoms with E-state index < -0.39 is 0 Å². The first-order valence-electron chi connectivity index (χ1n) is 16.4. The smallest absolute Gasteiger partial charge is 0.318 e. The molecule has 3 aromatic rings. The number of unbranched alkanes of at least 4 members (excludes halogenated alkanes) is 2. The number of hydrogen-bond donors (Lipinski definition) is 0. The van der Waals surface area contributed by atoms with Crippen molar-refractivity contribution in [2.24, 2.45) is 0 Å². The molecule has 3 aliphatic heterocycles. The first-order chi connectivity index (χ1) is 21.1. The molecule has 0 radical (unpaired) electrons. The molecule has 8 nitrogen and oxygen atoms in total. The van der Waals surface area contributed by atoms with E-state index in [1.807, 2.05) is 0 Å². The highest BCUT2D eigenvalue weighted by molar-refractivity contribution is 5.97. The molecule has 2 atom stereocenters. The average molecular weight is 582 g/mol. The first kappa shape index (κ1) is 29.7. The predicted molar refractivity (Wildman–Crippen MR) is 174 cm³/mol. The minimum atomic E-state index is 0.219. The summed E-state index contributed by atoms with van der Waals surface area (Å²) in [7, 11) is 2.18. The van der Waals surface area contributed by atoms with E-state index in [0.29, 0.717) is 25.1 Å². The van der Waals surface area contributed by atoms with Gasteiger partial charge in [-0.1, -0.05) is 50.1 Å². The van der Waals surface area contributed by atoms with Crippen LogP contribution in [0.4, 0.5) is 11.5 Å². The van der Waals surface area contributed by atoms with Gasteiger partial charge in [0.05, 0.1) is 24.7 Å². The Labute approximate surface area is 257 Å². The predicted octanol–water partition coefficient (Wildman–Crippen LogP) is 5.57. The van der Waals surface area contributed by atoms with Crippen molar-refractivity contribution < 1.29 is 4.74 Å². The van der Waals surface area contributed by atoms with E-state index in [2.05, 4.69) is 83.0 Å². The van der Waals surface area contributed by atoms with Crippen LogP contribution >= 0.6 is 0 Å². The van der Waals surface area contributed by atoms with Gasteiger partial charge in [-0.15, -0.1) is 0 Å². The highest BCUT2D eigenvalue weighted by Gasteiger charge is 2.32. The SMILES string of the molecule is CCCCCN1CCN(c2nc(OCC3CCCN3C)nc3c2CCN(c2cccc4cccc(C)c24)C3)CC1CC#N. The number of nitriles is 1. The molecule has 6 rings (SSSR count). The topological polar surface area (TPSA) is 71.8 Å². The number of anilines is 2. The molecule has 0 saturated carbocycles. The third kappa shape index (κ3) is 6.44. The number of rotatable bonds is 10. The van der Waals surface area contributed by atoms with Gasteiger partial charge in [0, 0.05) is 54.9 Å². The molecular formula is C35H47N7O. The molecule has 0 bridgehead atoms. The van der Waals surface area contributed by atoms with Gasteiger partial charge >= 0.3 is 6.01 Å². The molecule has 0 amide bonds. The number of nitrogens with zero attached hydrogens (tertiary/aromatic N) is 7. The van der Waals surface area contributed by atoms with Crippen LogP contribution < -0.4 is 14.5 Å². The van der Waals surface area contributed by atoms with Gasteiger partial charge in [-0.2, -0.15) is 15.2 Å². The Hall–Kier alpha value is -3.41. The van der Waals surface area contributed by atoms with Crippen molar-refractivity contribution in [1.82, 2.24) is 19.8 Å². The van der Waals surface area contributed by atoms with Crippen LogP contribution in [0.1, 0.15) is 62.3 Å². The molecule has 2 saturated heterocycles. The lowest BCUT2D eigenvalue weighted by Gasteiger charge is -2.42. The quantitative estimate of drug-likeness (QED) is 0.288. The maximum atomic E-state index is 9.68. The van der Waals surface area contributed by atoms with E-state index in [9.17, 15) is 5.26 Å². The fourth-order valence-corrected chi connectivity index (χ4v) is 7.29. The minimum Gasteiger partial charge on any atom is -0.462 e. The lowest BCUT2D eigenvalue weighted by atomic mass is 9.99. The van der Waals surface area contributed by atoms with Crippen molar-refractivity contribution >= 4 is 22.3 Å². The van der Waals surface area contributed by atoms with Gasteiger partial charge in [-0.3, -0.25) is 4.90 Å². The number of aryl methyl sites for hydroxylation is 1. The van der Waals surface area contributed by atoms with Crippen LogP contribution in [0.15, 0.2) is 36.4 Å². The highest BCUT2D eigenvalue weighted by atomic mass is 16.5. The van der Waals surface area contributed by atoms with Crippen molar-refractivity contribution in [3.05, 3.63) is 53.2 Å². The number of ether oxygens (including phenoxy) is 1. The average Bonchev–Trinajstić information content (AvgIpc) is 3.44. The summed E-state index contributed by atoms with van der Waals surface area (Å²) >= 11 is 0. The number of hydrogen-bond acceptors (Lipinski definition) is 8. The van der Waals surface area contributed by atoms with Gasteiger partial charge in [0.15, 0.2) is 0 Å². The Kier molecular flexibility index (Phi) is 9.30. The second-order valence-electron chi connectivity index (χ2n) is 12.7. The zero-order valence-corrected chi connectivity index (χ0v) is 26.3. The van der Waals surface area contributed by atoms with Gasteiger partial charge in [-0.05, 0) is 69.8 Å². The van der Waals surface area contributed by atoms with Crippen LogP contribution in [0, 0.1) is 18.3 Å². The van der Waals surface area contributed by atoms with Crippen LogP contribution in [0.5, 0.6) is 6.01 Å². The summed E-state index contributed by atoms with van der Waals surface area (Å²) in [6.45, 7) is 11.6. The largest absolute Gasteiger partial charge is 0.462 e. The fraction of sp³-hybridized carbons (Fsp3) is 0.571. The van der Waals surface area contributed by atoms with Crippen molar-refractivity contribution in [2.45, 2.75) is 77.4 Å². The molecule has 3 aliphatic rings. The number of benzene rings is 2. The summed E-state index contributed by atoms with van der Waals surface area (Å²) < 4.78 is 6.38. The molecule has 0 aliphatic carbocycles. The maximum absolute atomic E-state index is 9.68. The molecular weight excluding hydrogens is 534 g/mol. The minimum absolute atomic E-state index is 0.219. The van der Waals surface area contributed by atoms with E-state index in [1.54, 1.807) is 0 Å². The third-order valence-corrected chi connectivity index (χ3v) is 9.81. The van der Waals surface area contributed by atoms with Crippen LogP contribution in [0.2, 0.25) is 0 Å². The number of fused-ring (bicyclic) bond motifs is 2. The van der Waals surface area contributed by atoms with Crippen LogP contribution in [-0.2, 0) is 13.0 Å². The van der Waals surface area contributed by atoms with Crippen molar-refractivity contribution in [1.29, 1.82) is 5.26 Å². The maximum Gasteiger partial charge on any atom is 0.318 e. The summed E-state index contributed by atoms with van der Waals surface area (Å²) in [5.41, 5.74) is 4.88. The molecule has 2 aromatic carbocycles. The Morgan fingerprint density at radius 3 is 2.65 bits per heavy atom. The van der Waals surface area contributed by atoms with E-state index in [4.69, 9.17) is 14.7 Å². The van der Waals surface area contributed by atoms with Crippen molar-refractivity contribution in [3.63, 3.8) is 0 Å². The second-order valence-corrected chi connectivity index (χ2v) is 12.7. The third-order valence-electron chi connectivity index (χ3n) is 9.81. The van der Waals surface area contributed by atoms with E-state index in [-0.39, 0.29) is 6.04 Å². The molecule has 0 N–H and O–H groups in total. The zero-order valence-electron chi connectivity index (χ0n) is 26.3. The highest BCUT2D eigenvalue weighted by Crippen LogP contribution is 2.36. The van der Waals surface area contributed by atoms with Crippen molar-refractivity contribution in [2.75, 3.05) is 62.7 Å². The van der Waals surface area contributed by atoms with E-state index >= 15 is 0 Å². The standard InChI is InChI=1S/C35H47N7O/c1-4-5-6-19-40-21-22-42(23-28(40)15-17-36)34-30-16-20-41(32-14-8-12-27-11-7-10-26(2)33(27)32)24-31(30)37-35(38-34)43-25-29-13-9-18-39(29)3/h7-8,10-12,14,28-29H,4-6,9,13,15-16,18-25H2,1-3H3. The van der Waals surface area contributed by atoms with Crippen LogP contribution in [0.3, 0.4) is 0 Å². The van der Waals surface area contributed by atoms with Gasteiger partial charge in [-0.25, -0.2) is 0 Å². The van der Waals surface area contributed by atoms with Gasteiger partial charge in [0.2, 0.25) is 0 Å². The van der Waals surface area contributed by atoms with E-state index in [1.165, 1.54) is 53.3 Å². The fourth-order valence-electron chi connectivity index (χ4n) is 7.29. The number of piperazine rings is 1. The summed E-state index contributed by atoms with van der Waals surface area (Å²) in [4.78, 5) is 20.0. The Bertz CT molecular complexity index is 1450. The van der Waals surface area contributed by atoms with Crippen LogP contribution in [0.25, 0.3) is 10.8 Å². The molecule has 2 fully saturated rings.